The Kier molecular flexibility index (Phi) is 7.12. The van der Waals surface area contributed by atoms with Crippen LogP contribution >= 0.6 is 0 Å². The molecule has 0 aliphatic carbocycles. The Hall–Kier alpha value is -3.63. The number of pyridine rings is 1. The largest absolute Gasteiger partial charge is 0.476 e. The highest BCUT2D eigenvalue weighted by atomic mass is 19.4. The van der Waals surface area contributed by atoms with Gasteiger partial charge in [-0.2, -0.15) is 13.2 Å². The van der Waals surface area contributed by atoms with Gasteiger partial charge in [0.05, 0.1) is 6.61 Å². The van der Waals surface area contributed by atoms with Gasteiger partial charge in [0, 0.05) is 17.3 Å². The van der Waals surface area contributed by atoms with Gasteiger partial charge in [0.2, 0.25) is 0 Å². The Morgan fingerprint density at radius 3 is 2.41 bits per heavy atom. The SMILES string of the molecule is CCO/C(=N/Oc1ncccc1C(F)(F)F)c1ccccc1/C(=N\OC)C(=O)O. The molecule has 0 aliphatic rings. The van der Waals surface area contributed by atoms with Crippen molar-refractivity contribution in [1.82, 2.24) is 4.98 Å². The number of alkyl halides is 3. The zero-order valence-corrected chi connectivity index (χ0v) is 15.3. The molecule has 1 N–H and O–H groups in total. The number of hydrogen-bond donors (Lipinski definition) is 1. The van der Waals surface area contributed by atoms with E-state index in [0.717, 1.165) is 18.3 Å². The molecule has 0 radical (unpaired) electrons. The molecule has 0 fully saturated rings. The molecule has 0 bridgehead atoms. The highest BCUT2D eigenvalue weighted by Gasteiger charge is 2.35. The minimum Gasteiger partial charge on any atom is -0.476 e. The van der Waals surface area contributed by atoms with Crippen LogP contribution in [-0.2, 0) is 20.5 Å². The topological polar surface area (TPSA) is 103 Å². The zero-order valence-electron chi connectivity index (χ0n) is 15.3. The fourth-order valence-corrected chi connectivity index (χ4v) is 2.22. The number of aliphatic carboxylic acids is 1. The summed E-state index contributed by atoms with van der Waals surface area (Å²) in [5, 5.41) is 16.5. The van der Waals surface area contributed by atoms with Crippen LogP contribution in [0, 0.1) is 0 Å². The summed E-state index contributed by atoms with van der Waals surface area (Å²) in [6.45, 7) is 1.69. The maximum Gasteiger partial charge on any atom is 0.421 e. The number of oxime groups is 2. The van der Waals surface area contributed by atoms with Gasteiger partial charge in [-0.25, -0.2) is 9.78 Å². The van der Waals surface area contributed by atoms with E-state index in [1.807, 2.05) is 0 Å². The Morgan fingerprint density at radius 1 is 1.14 bits per heavy atom. The maximum atomic E-state index is 13.1. The van der Waals surface area contributed by atoms with Crippen LogP contribution in [0.4, 0.5) is 13.2 Å². The van der Waals surface area contributed by atoms with E-state index < -0.39 is 29.3 Å². The normalized spacial score (nSPS) is 12.4. The molecule has 2 aromatic rings. The monoisotopic (exact) mass is 411 g/mol. The summed E-state index contributed by atoms with van der Waals surface area (Å²) in [7, 11) is 1.17. The average molecular weight is 411 g/mol. The molecule has 11 heteroatoms. The van der Waals surface area contributed by atoms with E-state index in [9.17, 15) is 23.1 Å². The van der Waals surface area contributed by atoms with E-state index in [4.69, 9.17) is 9.57 Å². The summed E-state index contributed by atoms with van der Waals surface area (Å²) < 4.78 is 44.6. The highest BCUT2D eigenvalue weighted by molar-refractivity contribution is 6.43. The standard InChI is InChI=1S/C18H16F3N3O5/c1-3-28-15(24-29-16-13(18(19,20)21)9-6-10-22-16)12-8-5-4-7-11(12)14(17(25)26)23-27-2/h4-10H,3H2,1-2H3,(H,25,26)/b23-14+,24-15+. The Morgan fingerprint density at radius 2 is 1.83 bits per heavy atom. The summed E-state index contributed by atoms with van der Waals surface area (Å²) in [4.78, 5) is 24.5. The second-order valence-corrected chi connectivity index (χ2v) is 5.25. The first-order valence-electron chi connectivity index (χ1n) is 8.13. The lowest BCUT2D eigenvalue weighted by atomic mass is 10.0. The van der Waals surface area contributed by atoms with Crippen molar-refractivity contribution < 1.29 is 37.5 Å². The summed E-state index contributed by atoms with van der Waals surface area (Å²) in [6, 6.07) is 7.86. The summed E-state index contributed by atoms with van der Waals surface area (Å²) in [5.41, 5.74) is -1.39. The third kappa shape index (κ3) is 5.43. The number of carboxylic acid groups (broad SMARTS) is 1. The lowest BCUT2D eigenvalue weighted by Gasteiger charge is -2.13. The van der Waals surface area contributed by atoms with Crippen LogP contribution in [0.25, 0.3) is 0 Å². The number of carboxylic acids is 1. The summed E-state index contributed by atoms with van der Waals surface area (Å²) in [6.07, 6.45) is -3.59. The lowest BCUT2D eigenvalue weighted by Crippen LogP contribution is -2.20. The molecule has 1 heterocycles. The lowest BCUT2D eigenvalue weighted by molar-refractivity contribution is -0.139. The molecule has 2 rings (SSSR count). The second kappa shape index (κ2) is 9.53. The van der Waals surface area contributed by atoms with Gasteiger partial charge in [-0.3, -0.25) is 0 Å². The quantitative estimate of drug-likeness (QED) is 0.426. The van der Waals surface area contributed by atoms with Crippen molar-refractivity contribution >= 4 is 17.6 Å². The molecule has 0 amide bonds. The van der Waals surface area contributed by atoms with Crippen LogP contribution in [0.5, 0.6) is 5.88 Å². The van der Waals surface area contributed by atoms with Crippen molar-refractivity contribution in [3.8, 4) is 5.88 Å². The number of halogens is 3. The predicted molar refractivity (Wildman–Crippen MR) is 95.7 cm³/mol. The molecule has 0 saturated heterocycles. The van der Waals surface area contributed by atoms with Crippen molar-refractivity contribution in [1.29, 1.82) is 0 Å². The van der Waals surface area contributed by atoms with E-state index in [0.29, 0.717) is 0 Å². The van der Waals surface area contributed by atoms with Crippen LogP contribution in [0.15, 0.2) is 52.9 Å². The number of ether oxygens (including phenoxy) is 1. The molecule has 29 heavy (non-hydrogen) atoms. The number of aromatic nitrogens is 1. The van der Waals surface area contributed by atoms with Gasteiger partial charge in [-0.15, -0.1) is 0 Å². The smallest absolute Gasteiger partial charge is 0.421 e. The number of benzene rings is 1. The van der Waals surface area contributed by atoms with Crippen molar-refractivity contribution in [2.45, 2.75) is 13.1 Å². The average Bonchev–Trinajstić information content (AvgIpc) is 2.68. The fraction of sp³-hybridized carbons (Fsp3) is 0.222. The van der Waals surface area contributed by atoms with Crippen LogP contribution in [-0.4, -0.2) is 41.4 Å². The fourth-order valence-electron chi connectivity index (χ4n) is 2.22. The number of nitrogens with zero attached hydrogens (tertiary/aromatic N) is 3. The number of hydrogen-bond acceptors (Lipinski definition) is 7. The van der Waals surface area contributed by atoms with E-state index in [1.165, 1.54) is 25.3 Å². The molecule has 0 saturated carbocycles. The Bertz CT molecular complexity index is 929. The second-order valence-electron chi connectivity index (χ2n) is 5.25. The van der Waals surface area contributed by atoms with Crippen molar-refractivity contribution in [2.24, 2.45) is 10.3 Å². The summed E-state index contributed by atoms with van der Waals surface area (Å²) in [5.74, 6) is -2.43. The molecular weight excluding hydrogens is 395 g/mol. The molecule has 0 aliphatic heterocycles. The molecule has 0 unspecified atom stereocenters. The minimum atomic E-state index is -4.70. The van der Waals surface area contributed by atoms with Gasteiger partial charge in [0.15, 0.2) is 5.71 Å². The van der Waals surface area contributed by atoms with Crippen LogP contribution in [0.1, 0.15) is 23.6 Å². The first kappa shape index (κ1) is 21.7. The van der Waals surface area contributed by atoms with Gasteiger partial charge in [0.1, 0.15) is 12.7 Å². The van der Waals surface area contributed by atoms with Gasteiger partial charge in [0.25, 0.3) is 11.8 Å². The molecule has 8 nitrogen and oxygen atoms in total. The first-order chi connectivity index (χ1) is 13.8. The summed E-state index contributed by atoms with van der Waals surface area (Å²) >= 11 is 0. The van der Waals surface area contributed by atoms with Gasteiger partial charge in [-0.1, -0.05) is 23.4 Å². The predicted octanol–water partition coefficient (Wildman–Crippen LogP) is 3.31. The van der Waals surface area contributed by atoms with Crippen molar-refractivity contribution in [3.05, 3.63) is 59.3 Å². The third-order valence-electron chi connectivity index (χ3n) is 3.37. The van der Waals surface area contributed by atoms with Crippen LogP contribution in [0.3, 0.4) is 0 Å². The van der Waals surface area contributed by atoms with Gasteiger partial charge < -0.3 is 19.5 Å². The first-order valence-corrected chi connectivity index (χ1v) is 8.13. The Labute approximate surface area is 163 Å². The van der Waals surface area contributed by atoms with Crippen LogP contribution in [0.2, 0.25) is 0 Å². The molecule has 1 aromatic heterocycles. The van der Waals surface area contributed by atoms with E-state index >= 15 is 0 Å². The van der Waals surface area contributed by atoms with Crippen LogP contribution < -0.4 is 4.84 Å². The third-order valence-corrected chi connectivity index (χ3v) is 3.37. The van der Waals surface area contributed by atoms with E-state index in [2.05, 4.69) is 20.1 Å². The van der Waals surface area contributed by atoms with E-state index in [-0.39, 0.29) is 23.6 Å². The number of rotatable bonds is 7. The van der Waals surface area contributed by atoms with E-state index in [1.54, 1.807) is 13.0 Å². The molecule has 1 aromatic carbocycles. The van der Waals surface area contributed by atoms with Crippen molar-refractivity contribution in [3.63, 3.8) is 0 Å². The molecule has 0 atom stereocenters. The maximum absolute atomic E-state index is 13.1. The Balaban J connectivity index is 2.52. The van der Waals surface area contributed by atoms with Gasteiger partial charge >= 0.3 is 12.1 Å². The van der Waals surface area contributed by atoms with Crippen molar-refractivity contribution in [2.75, 3.05) is 13.7 Å². The number of carbonyl (C=O) groups is 1. The molecule has 0 spiro atoms. The highest BCUT2D eigenvalue weighted by Crippen LogP contribution is 2.34. The minimum absolute atomic E-state index is 0.0646. The molecular formula is C18H16F3N3O5. The van der Waals surface area contributed by atoms with Gasteiger partial charge in [-0.05, 0) is 30.3 Å². The molecule has 154 valence electrons. The zero-order chi connectivity index (χ0) is 21.4.